The van der Waals surface area contributed by atoms with Crippen molar-refractivity contribution in [2.75, 3.05) is 26.8 Å². The Kier molecular flexibility index (Phi) is 7.64. The predicted octanol–water partition coefficient (Wildman–Crippen LogP) is 2.22. The van der Waals surface area contributed by atoms with E-state index in [0.717, 1.165) is 17.5 Å². The van der Waals surface area contributed by atoms with E-state index in [4.69, 9.17) is 4.74 Å². The van der Waals surface area contributed by atoms with Gasteiger partial charge in [-0.25, -0.2) is 4.39 Å². The van der Waals surface area contributed by atoms with Gasteiger partial charge in [-0.3, -0.25) is 19.4 Å². The van der Waals surface area contributed by atoms with Gasteiger partial charge in [0.2, 0.25) is 5.91 Å². The lowest BCUT2D eigenvalue weighted by Crippen LogP contribution is -2.40. The van der Waals surface area contributed by atoms with Crippen LogP contribution in [-0.2, 0) is 22.5 Å². The minimum atomic E-state index is -0.730. The van der Waals surface area contributed by atoms with Gasteiger partial charge >= 0.3 is 0 Å². The van der Waals surface area contributed by atoms with E-state index in [1.165, 1.54) is 23.8 Å². The summed E-state index contributed by atoms with van der Waals surface area (Å²) in [5.41, 5.74) is 0.970. The standard InChI is InChI=1S/C26H29FN4O5/c1-16(15-36-2)29-25(34)22-24(33)23-20(31(26(22)35)11-10-30-9-3-4-21(30)32)13-18(14-28-23)12-17-5-7-19(27)8-6-17/h5-8,13-14,16,33H,3-4,9-12,15H2,1-2H3,(H,29,34). The van der Waals surface area contributed by atoms with Crippen LogP contribution in [0.3, 0.4) is 0 Å². The summed E-state index contributed by atoms with van der Waals surface area (Å²) in [5.74, 6) is -1.55. The molecule has 2 amide bonds. The van der Waals surface area contributed by atoms with Crippen molar-refractivity contribution in [1.82, 2.24) is 19.8 Å². The number of likely N-dealkylation sites (tertiary alicyclic amines) is 1. The molecule has 36 heavy (non-hydrogen) atoms. The average molecular weight is 497 g/mol. The third-order valence-electron chi connectivity index (χ3n) is 6.24. The third-order valence-corrected chi connectivity index (χ3v) is 6.24. The highest BCUT2D eigenvalue weighted by atomic mass is 19.1. The summed E-state index contributed by atoms with van der Waals surface area (Å²) >= 11 is 0. The van der Waals surface area contributed by atoms with Gasteiger partial charge in [0.1, 0.15) is 16.9 Å². The molecule has 1 aliphatic heterocycles. The Morgan fingerprint density at radius 2 is 1.97 bits per heavy atom. The van der Waals surface area contributed by atoms with Crippen molar-refractivity contribution >= 4 is 22.8 Å². The van der Waals surface area contributed by atoms with E-state index < -0.39 is 28.8 Å². The van der Waals surface area contributed by atoms with Crippen LogP contribution in [0.15, 0.2) is 41.3 Å². The number of carbonyl (C=O) groups excluding carboxylic acids is 2. The van der Waals surface area contributed by atoms with Gasteiger partial charge in [-0.1, -0.05) is 12.1 Å². The lowest BCUT2D eigenvalue weighted by Gasteiger charge is -2.20. The lowest BCUT2D eigenvalue weighted by molar-refractivity contribution is -0.127. The maximum atomic E-state index is 13.5. The van der Waals surface area contributed by atoms with Crippen LogP contribution >= 0.6 is 0 Å². The van der Waals surface area contributed by atoms with E-state index >= 15 is 0 Å². The van der Waals surface area contributed by atoms with Crippen molar-refractivity contribution in [3.8, 4) is 5.75 Å². The molecular weight excluding hydrogens is 467 g/mol. The maximum absolute atomic E-state index is 13.5. The SMILES string of the molecule is COCC(C)NC(=O)c1c(O)c2ncc(Cc3ccc(F)cc3)cc2n(CCN2CCCC2=O)c1=O. The van der Waals surface area contributed by atoms with E-state index in [1.807, 2.05) is 0 Å². The van der Waals surface area contributed by atoms with Gasteiger partial charge in [0, 0.05) is 45.4 Å². The number of ether oxygens (including phenoxy) is 1. The molecule has 0 spiro atoms. The first kappa shape index (κ1) is 25.3. The molecule has 1 aromatic carbocycles. The number of aromatic hydroxyl groups is 1. The summed E-state index contributed by atoms with van der Waals surface area (Å²) in [5, 5.41) is 13.6. The van der Waals surface area contributed by atoms with Crippen LogP contribution in [0.1, 0.15) is 41.3 Å². The minimum absolute atomic E-state index is 0.0209. The van der Waals surface area contributed by atoms with Crippen molar-refractivity contribution < 1.29 is 23.8 Å². The summed E-state index contributed by atoms with van der Waals surface area (Å²) < 4.78 is 19.7. The van der Waals surface area contributed by atoms with Crippen LogP contribution in [0.4, 0.5) is 4.39 Å². The second-order valence-electron chi connectivity index (χ2n) is 9.01. The Morgan fingerprint density at radius 3 is 2.64 bits per heavy atom. The Bertz CT molecular complexity index is 1340. The van der Waals surface area contributed by atoms with E-state index in [1.54, 1.807) is 36.2 Å². The molecule has 0 aliphatic carbocycles. The highest BCUT2D eigenvalue weighted by Crippen LogP contribution is 2.26. The molecule has 4 rings (SSSR count). The molecule has 1 atom stereocenters. The molecule has 0 bridgehead atoms. The van der Waals surface area contributed by atoms with Crippen molar-refractivity contribution in [2.45, 2.75) is 38.8 Å². The first-order valence-corrected chi connectivity index (χ1v) is 11.8. The molecule has 1 unspecified atom stereocenters. The fourth-order valence-electron chi connectivity index (χ4n) is 4.46. The fraction of sp³-hybridized carbons (Fsp3) is 0.385. The number of methoxy groups -OCH3 is 1. The van der Waals surface area contributed by atoms with Gasteiger partial charge in [-0.05, 0) is 49.1 Å². The number of pyridine rings is 2. The fourth-order valence-corrected chi connectivity index (χ4v) is 4.46. The number of rotatable bonds is 9. The van der Waals surface area contributed by atoms with Crippen LogP contribution in [0.25, 0.3) is 11.0 Å². The van der Waals surface area contributed by atoms with Crippen LogP contribution in [0.5, 0.6) is 5.75 Å². The molecule has 190 valence electrons. The summed E-state index contributed by atoms with van der Waals surface area (Å²) in [4.78, 5) is 44.7. The average Bonchev–Trinajstić information content (AvgIpc) is 3.25. The number of hydrogen-bond donors (Lipinski definition) is 2. The maximum Gasteiger partial charge on any atom is 0.267 e. The molecule has 3 aromatic rings. The molecule has 9 nitrogen and oxygen atoms in total. The number of nitrogens with one attached hydrogen (secondary N) is 1. The number of carbonyl (C=O) groups is 2. The summed E-state index contributed by atoms with van der Waals surface area (Å²) in [7, 11) is 1.50. The Labute approximate surface area is 207 Å². The van der Waals surface area contributed by atoms with E-state index in [-0.39, 0.29) is 30.4 Å². The largest absolute Gasteiger partial charge is 0.505 e. The topological polar surface area (TPSA) is 114 Å². The van der Waals surface area contributed by atoms with Crippen LogP contribution < -0.4 is 10.9 Å². The number of fused-ring (bicyclic) bond motifs is 1. The van der Waals surface area contributed by atoms with Gasteiger partial charge in [0.15, 0.2) is 5.75 Å². The quantitative estimate of drug-likeness (QED) is 0.470. The molecule has 1 fully saturated rings. The van der Waals surface area contributed by atoms with Crippen LogP contribution in [-0.4, -0.2) is 64.2 Å². The molecule has 0 saturated carbocycles. The molecule has 1 saturated heterocycles. The third kappa shape index (κ3) is 5.38. The minimum Gasteiger partial charge on any atom is -0.505 e. The molecule has 10 heteroatoms. The predicted molar refractivity (Wildman–Crippen MR) is 131 cm³/mol. The zero-order valence-corrected chi connectivity index (χ0v) is 20.3. The van der Waals surface area contributed by atoms with Gasteiger partial charge in [-0.2, -0.15) is 0 Å². The highest BCUT2D eigenvalue weighted by molar-refractivity contribution is 6.01. The molecule has 2 aromatic heterocycles. The molecular formula is C26H29FN4O5. The van der Waals surface area contributed by atoms with Crippen molar-refractivity contribution in [1.29, 1.82) is 0 Å². The number of nitrogens with zero attached hydrogens (tertiary/aromatic N) is 3. The van der Waals surface area contributed by atoms with Crippen molar-refractivity contribution in [2.24, 2.45) is 0 Å². The van der Waals surface area contributed by atoms with Gasteiger partial charge < -0.3 is 24.6 Å². The number of hydrogen-bond acceptors (Lipinski definition) is 6. The zero-order chi connectivity index (χ0) is 25.8. The first-order chi connectivity index (χ1) is 17.3. The molecule has 2 N–H and O–H groups in total. The summed E-state index contributed by atoms with van der Waals surface area (Å²) in [6, 6.07) is 7.41. The summed E-state index contributed by atoms with van der Waals surface area (Å²) in [6.45, 7) is 2.99. The first-order valence-electron chi connectivity index (χ1n) is 11.8. The van der Waals surface area contributed by atoms with Gasteiger partial charge in [0.05, 0.1) is 12.1 Å². The molecule has 3 heterocycles. The highest BCUT2D eigenvalue weighted by Gasteiger charge is 2.26. The number of benzene rings is 1. The number of aromatic nitrogens is 2. The number of amides is 2. The second-order valence-corrected chi connectivity index (χ2v) is 9.01. The Morgan fingerprint density at radius 1 is 1.22 bits per heavy atom. The molecule has 0 radical (unpaired) electrons. The van der Waals surface area contributed by atoms with Crippen molar-refractivity contribution in [3.05, 3.63) is 69.4 Å². The second kappa shape index (κ2) is 10.9. The van der Waals surface area contributed by atoms with E-state index in [2.05, 4.69) is 10.3 Å². The molecule has 1 aliphatic rings. The van der Waals surface area contributed by atoms with E-state index in [9.17, 15) is 23.9 Å². The monoisotopic (exact) mass is 496 g/mol. The van der Waals surface area contributed by atoms with E-state index in [0.29, 0.717) is 31.4 Å². The van der Waals surface area contributed by atoms with Crippen molar-refractivity contribution in [3.63, 3.8) is 0 Å². The zero-order valence-electron chi connectivity index (χ0n) is 20.3. The van der Waals surface area contributed by atoms with Crippen LogP contribution in [0, 0.1) is 5.82 Å². The van der Waals surface area contributed by atoms with Gasteiger partial charge in [0.25, 0.3) is 11.5 Å². The van der Waals surface area contributed by atoms with Gasteiger partial charge in [-0.15, -0.1) is 0 Å². The Hall–Kier alpha value is -3.79. The number of halogens is 1. The summed E-state index contributed by atoms with van der Waals surface area (Å²) in [6.07, 6.45) is 3.22. The van der Waals surface area contributed by atoms with Crippen LogP contribution in [0.2, 0.25) is 0 Å². The smallest absolute Gasteiger partial charge is 0.267 e. The lowest BCUT2D eigenvalue weighted by atomic mass is 10.1. The normalized spacial score (nSPS) is 14.4. The Balaban J connectivity index is 1.76.